The largest absolute Gasteiger partial charge is 0.374 e. The van der Waals surface area contributed by atoms with Gasteiger partial charge in [0.25, 0.3) is 10.0 Å². The number of anilines is 2. The summed E-state index contributed by atoms with van der Waals surface area (Å²) in [5.74, 6) is -0.253. The maximum absolute atomic E-state index is 15.0. The van der Waals surface area contributed by atoms with Crippen LogP contribution in [-0.4, -0.2) is 41.3 Å². The van der Waals surface area contributed by atoms with E-state index in [0.717, 1.165) is 12.2 Å². The fraction of sp³-hybridized carbons (Fsp3) is 0.304. The Morgan fingerprint density at radius 3 is 2.67 bits per heavy atom. The van der Waals surface area contributed by atoms with Gasteiger partial charge in [-0.05, 0) is 50.1 Å². The molecule has 1 N–H and O–H groups in total. The highest BCUT2D eigenvalue weighted by Gasteiger charge is 2.25. The van der Waals surface area contributed by atoms with E-state index in [1.165, 1.54) is 16.8 Å². The lowest BCUT2D eigenvalue weighted by atomic mass is 10.0. The van der Waals surface area contributed by atoms with E-state index in [1.54, 1.807) is 25.5 Å². The number of rotatable bonds is 5. The molecular formula is C23H25FN6O2S. The molecule has 5 rings (SSSR count). The topological polar surface area (TPSA) is 85.0 Å². The molecule has 4 heterocycles. The van der Waals surface area contributed by atoms with Gasteiger partial charge in [0.2, 0.25) is 0 Å². The van der Waals surface area contributed by atoms with Gasteiger partial charge in [0, 0.05) is 62.1 Å². The highest BCUT2D eigenvalue weighted by Crippen LogP contribution is 2.40. The number of likely N-dealkylation sites (N-methyl/N-ethyl adjacent to an activating group) is 1. The van der Waals surface area contributed by atoms with Crippen molar-refractivity contribution in [2.75, 3.05) is 23.2 Å². The number of sulfonamides is 1. The Labute approximate surface area is 191 Å². The second-order valence-electron chi connectivity index (χ2n) is 8.66. The fourth-order valence-electron chi connectivity index (χ4n) is 4.37. The summed E-state index contributed by atoms with van der Waals surface area (Å²) in [5, 5.41) is 4.56. The third kappa shape index (κ3) is 3.54. The predicted molar refractivity (Wildman–Crippen MR) is 127 cm³/mol. The summed E-state index contributed by atoms with van der Waals surface area (Å²) in [5.41, 5.74) is 3.95. The first kappa shape index (κ1) is 21.4. The van der Waals surface area contributed by atoms with Gasteiger partial charge in [0.1, 0.15) is 11.5 Å². The summed E-state index contributed by atoms with van der Waals surface area (Å²) in [7, 11) is -0.320. The molecule has 1 aromatic carbocycles. The molecule has 0 aliphatic carbocycles. The van der Waals surface area contributed by atoms with Gasteiger partial charge in [-0.25, -0.2) is 9.37 Å². The van der Waals surface area contributed by atoms with Crippen LogP contribution in [0.15, 0.2) is 47.9 Å². The van der Waals surface area contributed by atoms with E-state index in [2.05, 4.69) is 14.8 Å². The highest BCUT2D eigenvalue weighted by molar-refractivity contribution is 7.92. The van der Waals surface area contributed by atoms with Gasteiger partial charge < -0.3 is 9.47 Å². The molecule has 0 unspecified atom stereocenters. The molecule has 10 heteroatoms. The van der Waals surface area contributed by atoms with Crippen LogP contribution in [0.2, 0.25) is 0 Å². The summed E-state index contributed by atoms with van der Waals surface area (Å²) >= 11 is 0. The number of hydrogen-bond acceptors (Lipinski definition) is 5. The molecule has 3 aromatic heterocycles. The molecular weight excluding hydrogens is 443 g/mol. The molecule has 0 fully saturated rings. The van der Waals surface area contributed by atoms with Crippen molar-refractivity contribution in [3.63, 3.8) is 0 Å². The molecule has 0 saturated carbocycles. The lowest BCUT2D eigenvalue weighted by Crippen LogP contribution is -2.14. The molecule has 8 nitrogen and oxygen atoms in total. The normalized spacial score (nSPS) is 13.8. The van der Waals surface area contributed by atoms with Gasteiger partial charge in [-0.15, -0.1) is 0 Å². The minimum absolute atomic E-state index is 0.0679. The summed E-state index contributed by atoms with van der Waals surface area (Å²) in [6.07, 6.45) is 5.72. The molecule has 0 atom stereocenters. The van der Waals surface area contributed by atoms with Gasteiger partial charge in [-0.2, -0.15) is 13.5 Å². The van der Waals surface area contributed by atoms with E-state index >= 15 is 0 Å². The number of benzene rings is 1. The Morgan fingerprint density at radius 2 is 1.97 bits per heavy atom. The summed E-state index contributed by atoms with van der Waals surface area (Å²) < 4.78 is 47.1. The van der Waals surface area contributed by atoms with Crippen LogP contribution in [0.5, 0.6) is 0 Å². The monoisotopic (exact) mass is 468 g/mol. The summed E-state index contributed by atoms with van der Waals surface area (Å²) in [4.78, 5) is 6.56. The predicted octanol–water partition coefficient (Wildman–Crippen LogP) is 3.95. The van der Waals surface area contributed by atoms with Gasteiger partial charge in [-0.3, -0.25) is 9.40 Å². The molecule has 172 valence electrons. The molecule has 0 amide bonds. The lowest BCUT2D eigenvalue weighted by molar-refractivity contribution is 0.593. The first-order valence-corrected chi connectivity index (χ1v) is 12.2. The number of nitrogens with one attached hydrogen (secondary N) is 1. The number of fused-ring (bicyclic) bond motifs is 2. The van der Waals surface area contributed by atoms with E-state index in [9.17, 15) is 12.8 Å². The quantitative estimate of drug-likeness (QED) is 0.479. The number of aromatic nitrogens is 4. The van der Waals surface area contributed by atoms with Crippen LogP contribution in [0, 0.1) is 5.82 Å². The standard InChI is InChI=1S/C23H25FN6O2S/c1-14(2)30-13-17(15-11-18(24)16-6-9-28(3)20(16)12-15)22-19(5-8-25-23(22)30)27-33(31,32)21-7-10-29(4)26-21/h5,7-8,10-14H,6,9H2,1-4H3,(H,25,27). The van der Waals surface area contributed by atoms with Gasteiger partial charge in [0.15, 0.2) is 5.03 Å². The maximum Gasteiger partial charge on any atom is 0.281 e. The number of halogens is 1. The van der Waals surface area contributed by atoms with Gasteiger partial charge >= 0.3 is 0 Å². The van der Waals surface area contributed by atoms with Crippen molar-refractivity contribution in [3.8, 4) is 11.1 Å². The smallest absolute Gasteiger partial charge is 0.281 e. The summed E-state index contributed by atoms with van der Waals surface area (Å²) in [6, 6.07) is 6.62. The number of aryl methyl sites for hydroxylation is 1. The molecule has 0 radical (unpaired) electrons. The van der Waals surface area contributed by atoms with Crippen LogP contribution in [0.3, 0.4) is 0 Å². The van der Waals surface area contributed by atoms with Crippen molar-refractivity contribution in [1.29, 1.82) is 0 Å². The van der Waals surface area contributed by atoms with Crippen LogP contribution in [-0.2, 0) is 23.5 Å². The van der Waals surface area contributed by atoms with Crippen LogP contribution in [0.4, 0.5) is 15.8 Å². The Balaban J connectivity index is 1.72. The first-order chi connectivity index (χ1) is 15.7. The van der Waals surface area contributed by atoms with Crippen molar-refractivity contribution in [3.05, 3.63) is 54.2 Å². The SMILES string of the molecule is CC(C)n1cc(-c2cc(F)c3c(c2)N(C)CC3)c2c(NS(=O)(=O)c3ccn(C)n3)ccnc21. The van der Waals surface area contributed by atoms with Crippen LogP contribution in [0.1, 0.15) is 25.5 Å². The van der Waals surface area contributed by atoms with Crippen molar-refractivity contribution in [2.24, 2.45) is 7.05 Å². The third-order valence-corrected chi connectivity index (χ3v) is 7.33. The minimum atomic E-state index is -3.92. The number of hydrogen-bond donors (Lipinski definition) is 1. The Hall–Kier alpha value is -3.40. The number of nitrogens with zero attached hydrogens (tertiary/aromatic N) is 5. The molecule has 0 bridgehead atoms. The zero-order valence-electron chi connectivity index (χ0n) is 18.9. The Kier molecular flexibility index (Phi) is 4.93. The van der Waals surface area contributed by atoms with Crippen molar-refractivity contribution in [2.45, 2.75) is 31.3 Å². The second kappa shape index (κ2) is 7.58. The second-order valence-corrected chi connectivity index (χ2v) is 10.3. The van der Waals surface area contributed by atoms with Gasteiger partial charge in [0.05, 0.1) is 11.1 Å². The van der Waals surface area contributed by atoms with Gasteiger partial charge in [-0.1, -0.05) is 0 Å². The van der Waals surface area contributed by atoms with E-state index in [-0.39, 0.29) is 16.9 Å². The molecule has 1 aliphatic rings. The maximum atomic E-state index is 15.0. The van der Waals surface area contributed by atoms with E-state index in [0.29, 0.717) is 39.8 Å². The molecule has 33 heavy (non-hydrogen) atoms. The summed E-state index contributed by atoms with van der Waals surface area (Å²) in [6.45, 7) is 4.81. The number of pyridine rings is 1. The minimum Gasteiger partial charge on any atom is -0.374 e. The first-order valence-electron chi connectivity index (χ1n) is 10.7. The van der Waals surface area contributed by atoms with E-state index in [1.807, 2.05) is 42.6 Å². The van der Waals surface area contributed by atoms with Crippen LogP contribution < -0.4 is 9.62 Å². The molecule has 0 saturated heterocycles. The fourth-order valence-corrected chi connectivity index (χ4v) is 5.41. The van der Waals surface area contributed by atoms with Crippen LogP contribution >= 0.6 is 0 Å². The third-order valence-electron chi connectivity index (χ3n) is 6.07. The molecule has 1 aliphatic heterocycles. The average molecular weight is 469 g/mol. The average Bonchev–Trinajstić information content (AvgIpc) is 3.46. The lowest BCUT2D eigenvalue weighted by Gasteiger charge is -2.14. The molecule has 4 aromatic rings. The van der Waals surface area contributed by atoms with Crippen LogP contribution in [0.25, 0.3) is 22.2 Å². The van der Waals surface area contributed by atoms with Crippen molar-refractivity contribution in [1.82, 2.24) is 19.3 Å². The zero-order chi connectivity index (χ0) is 23.5. The Bertz CT molecular complexity index is 1490. The van der Waals surface area contributed by atoms with E-state index in [4.69, 9.17) is 0 Å². The zero-order valence-corrected chi connectivity index (χ0v) is 19.7. The highest BCUT2D eigenvalue weighted by atomic mass is 32.2. The van der Waals surface area contributed by atoms with Crippen molar-refractivity contribution < 1.29 is 12.8 Å². The van der Waals surface area contributed by atoms with E-state index < -0.39 is 10.0 Å². The van der Waals surface area contributed by atoms with Crippen molar-refractivity contribution >= 4 is 32.4 Å². The molecule has 0 spiro atoms. The Morgan fingerprint density at radius 1 is 1.18 bits per heavy atom.